The van der Waals surface area contributed by atoms with Crippen LogP contribution in [0.2, 0.25) is 5.02 Å². The van der Waals surface area contributed by atoms with Gasteiger partial charge in [0.2, 0.25) is 0 Å². The molecule has 2 aromatic carbocycles. The number of thioether (sulfide) groups is 1. The Morgan fingerprint density at radius 1 is 1.25 bits per heavy atom. The van der Waals surface area contributed by atoms with Crippen LogP contribution >= 0.6 is 23.4 Å². The van der Waals surface area contributed by atoms with E-state index in [0.717, 1.165) is 28.8 Å². The molecule has 2 aromatic rings. The van der Waals surface area contributed by atoms with Gasteiger partial charge in [0.1, 0.15) is 12.4 Å². The molecule has 0 saturated carbocycles. The molecule has 0 aliphatic carbocycles. The molecule has 10 heteroatoms. The van der Waals surface area contributed by atoms with Gasteiger partial charge in [-0.2, -0.15) is 0 Å². The van der Waals surface area contributed by atoms with E-state index >= 15 is 0 Å². The van der Waals surface area contributed by atoms with Crippen LogP contribution in [0.15, 0.2) is 47.4 Å². The number of hydrogen-bond donors (Lipinski definition) is 1. The van der Waals surface area contributed by atoms with E-state index in [0.29, 0.717) is 16.3 Å². The van der Waals surface area contributed by atoms with E-state index in [-0.39, 0.29) is 18.1 Å². The first-order valence-electron chi connectivity index (χ1n) is 7.97. The Labute approximate surface area is 168 Å². The zero-order valence-electron chi connectivity index (χ0n) is 14.2. The number of benzene rings is 2. The molecular formula is C18H13ClN2O6S. The molecule has 1 aliphatic heterocycles. The van der Waals surface area contributed by atoms with Crippen LogP contribution in [-0.4, -0.2) is 39.2 Å². The maximum atomic E-state index is 12.5. The summed E-state index contributed by atoms with van der Waals surface area (Å²) in [6.45, 7) is 0.0999. The Hall–Kier alpha value is -3.04. The Morgan fingerprint density at radius 2 is 2.00 bits per heavy atom. The Kier molecular flexibility index (Phi) is 5.86. The topological polar surface area (TPSA) is 110 Å². The molecule has 2 amide bonds. The van der Waals surface area contributed by atoms with Crippen LogP contribution in [0.4, 0.5) is 10.5 Å². The molecule has 1 heterocycles. The Morgan fingerprint density at radius 3 is 2.71 bits per heavy atom. The number of imide groups is 1. The van der Waals surface area contributed by atoms with E-state index in [9.17, 15) is 24.8 Å². The predicted octanol–water partition coefficient (Wildman–Crippen LogP) is 4.07. The summed E-state index contributed by atoms with van der Waals surface area (Å²) in [5, 5.41) is 20.4. The quantitative estimate of drug-likeness (QED) is 0.426. The average Bonchev–Trinajstić information content (AvgIpc) is 2.92. The first-order chi connectivity index (χ1) is 13.4. The highest BCUT2D eigenvalue weighted by Crippen LogP contribution is 2.34. The van der Waals surface area contributed by atoms with Crippen molar-refractivity contribution in [3.63, 3.8) is 0 Å². The molecule has 3 rings (SSSR count). The summed E-state index contributed by atoms with van der Waals surface area (Å²) in [7, 11) is 0. The van der Waals surface area contributed by atoms with E-state index in [1.165, 1.54) is 12.1 Å². The summed E-state index contributed by atoms with van der Waals surface area (Å²) in [6, 6.07) is 10.5. The molecule has 0 bridgehead atoms. The van der Waals surface area contributed by atoms with Crippen LogP contribution in [-0.2, 0) is 4.79 Å². The molecule has 8 nitrogen and oxygen atoms in total. The van der Waals surface area contributed by atoms with Crippen molar-refractivity contribution < 1.29 is 24.4 Å². The van der Waals surface area contributed by atoms with Gasteiger partial charge in [-0.25, -0.2) is 0 Å². The van der Waals surface area contributed by atoms with Gasteiger partial charge in [0.25, 0.3) is 11.1 Å². The normalized spacial score (nSPS) is 15.3. The second-order valence-electron chi connectivity index (χ2n) is 5.62. The van der Waals surface area contributed by atoms with E-state index in [1.54, 1.807) is 24.3 Å². The van der Waals surface area contributed by atoms with Gasteiger partial charge in [-0.1, -0.05) is 29.8 Å². The lowest BCUT2D eigenvalue weighted by atomic mass is 10.1. The highest BCUT2D eigenvalue weighted by molar-refractivity contribution is 8.18. The second kappa shape index (κ2) is 8.32. The largest absolute Gasteiger partial charge is 0.502 e. The number of halogens is 1. The van der Waals surface area contributed by atoms with Gasteiger partial charge in [0, 0.05) is 6.07 Å². The summed E-state index contributed by atoms with van der Waals surface area (Å²) in [4.78, 5) is 35.9. The Balaban J connectivity index is 1.69. The number of nitro groups is 1. The third kappa shape index (κ3) is 4.26. The molecule has 0 spiro atoms. The van der Waals surface area contributed by atoms with Crippen LogP contribution in [0.5, 0.6) is 11.5 Å². The van der Waals surface area contributed by atoms with E-state index < -0.39 is 27.5 Å². The third-order valence-electron chi connectivity index (χ3n) is 3.78. The summed E-state index contributed by atoms with van der Waals surface area (Å²) < 4.78 is 5.49. The molecule has 1 aliphatic rings. The molecule has 1 N–H and O–H groups in total. The monoisotopic (exact) mass is 420 g/mol. The number of carbonyl (C=O) groups is 2. The summed E-state index contributed by atoms with van der Waals surface area (Å²) in [6.07, 6.45) is 1.37. The molecule has 0 aromatic heterocycles. The van der Waals surface area contributed by atoms with Crippen molar-refractivity contribution in [2.45, 2.75) is 0 Å². The van der Waals surface area contributed by atoms with Crippen LogP contribution in [0.1, 0.15) is 5.56 Å². The third-order valence-corrected chi connectivity index (χ3v) is 5.00. The fourth-order valence-electron chi connectivity index (χ4n) is 2.43. The van der Waals surface area contributed by atoms with E-state index in [4.69, 9.17) is 16.3 Å². The number of phenols is 1. The van der Waals surface area contributed by atoms with Gasteiger partial charge in [-0.05, 0) is 41.6 Å². The van der Waals surface area contributed by atoms with Crippen molar-refractivity contribution >= 4 is 46.3 Å². The number of phenolic OH excluding ortho intramolecular Hbond substituents is 1. The number of aromatic hydroxyl groups is 1. The number of hydrogen-bond acceptors (Lipinski definition) is 7. The van der Waals surface area contributed by atoms with Crippen LogP contribution in [0.3, 0.4) is 0 Å². The van der Waals surface area contributed by atoms with Crippen LogP contribution < -0.4 is 4.74 Å². The first kappa shape index (κ1) is 19.7. The maximum absolute atomic E-state index is 12.5. The van der Waals surface area contributed by atoms with Gasteiger partial charge < -0.3 is 9.84 Å². The lowest BCUT2D eigenvalue weighted by Gasteiger charge is -2.13. The number of para-hydroxylation sites is 1. The summed E-state index contributed by atoms with van der Waals surface area (Å²) in [5.41, 5.74) is -0.163. The molecule has 0 atom stereocenters. The lowest BCUT2D eigenvalue weighted by Crippen LogP contribution is -2.32. The first-order valence-corrected chi connectivity index (χ1v) is 9.16. The number of ether oxygens (including phenoxy) is 1. The summed E-state index contributed by atoms with van der Waals surface area (Å²) in [5.74, 6) is -0.552. The van der Waals surface area contributed by atoms with Crippen molar-refractivity contribution in [3.8, 4) is 11.5 Å². The molecule has 0 radical (unpaired) electrons. The standard InChI is InChI=1S/C18H13ClN2O6S/c19-12-3-1-2-4-15(12)27-8-7-20-17(23)16(28-18(20)24)10-11-5-6-14(22)13(9-11)21(25)26/h1-6,9-10,22H,7-8H2/b16-10-. The molecule has 1 fully saturated rings. The lowest BCUT2D eigenvalue weighted by molar-refractivity contribution is -0.385. The van der Waals surface area contributed by atoms with E-state index in [2.05, 4.69) is 0 Å². The minimum atomic E-state index is -0.732. The smallest absolute Gasteiger partial charge is 0.311 e. The number of nitro benzene ring substituents is 1. The van der Waals surface area contributed by atoms with Gasteiger partial charge in [0.15, 0.2) is 5.75 Å². The van der Waals surface area contributed by atoms with Gasteiger partial charge in [-0.15, -0.1) is 0 Å². The van der Waals surface area contributed by atoms with Crippen molar-refractivity contribution in [2.75, 3.05) is 13.2 Å². The second-order valence-corrected chi connectivity index (χ2v) is 7.02. The van der Waals surface area contributed by atoms with Crippen molar-refractivity contribution in [3.05, 3.63) is 68.1 Å². The minimum Gasteiger partial charge on any atom is -0.502 e. The SMILES string of the molecule is O=C1S/C(=C\c2ccc(O)c([N+](=O)[O-])c2)C(=O)N1CCOc1ccccc1Cl. The number of nitrogens with zero attached hydrogens (tertiary/aromatic N) is 2. The molecule has 0 unspecified atom stereocenters. The molecule has 144 valence electrons. The predicted molar refractivity (Wildman–Crippen MR) is 104 cm³/mol. The van der Waals surface area contributed by atoms with Crippen LogP contribution in [0.25, 0.3) is 6.08 Å². The van der Waals surface area contributed by atoms with Crippen molar-refractivity contribution in [1.29, 1.82) is 0 Å². The highest BCUT2D eigenvalue weighted by atomic mass is 35.5. The fourth-order valence-corrected chi connectivity index (χ4v) is 3.48. The number of rotatable bonds is 6. The molecule has 1 saturated heterocycles. The molecule has 28 heavy (non-hydrogen) atoms. The van der Waals surface area contributed by atoms with E-state index in [1.807, 2.05) is 0 Å². The molecular weight excluding hydrogens is 408 g/mol. The highest BCUT2D eigenvalue weighted by Gasteiger charge is 2.35. The van der Waals surface area contributed by atoms with Crippen LogP contribution in [0, 0.1) is 10.1 Å². The van der Waals surface area contributed by atoms with Gasteiger partial charge in [-0.3, -0.25) is 24.6 Å². The minimum absolute atomic E-state index is 0.0307. The Bertz CT molecular complexity index is 994. The van der Waals surface area contributed by atoms with Crippen molar-refractivity contribution in [1.82, 2.24) is 4.90 Å². The van der Waals surface area contributed by atoms with Gasteiger partial charge >= 0.3 is 5.69 Å². The van der Waals surface area contributed by atoms with Gasteiger partial charge in [0.05, 0.1) is 21.4 Å². The number of carbonyl (C=O) groups excluding carboxylic acids is 2. The van der Waals surface area contributed by atoms with Crippen molar-refractivity contribution in [2.24, 2.45) is 0 Å². The zero-order chi connectivity index (χ0) is 20.3. The average molecular weight is 421 g/mol. The zero-order valence-corrected chi connectivity index (χ0v) is 15.8. The maximum Gasteiger partial charge on any atom is 0.311 e. The fraction of sp³-hybridized carbons (Fsp3) is 0.111. The number of amides is 2. The summed E-state index contributed by atoms with van der Waals surface area (Å²) >= 11 is 6.71.